The number of halogens is 2. The van der Waals surface area contributed by atoms with Gasteiger partial charge in [0.2, 0.25) is 11.6 Å². The highest BCUT2D eigenvalue weighted by molar-refractivity contribution is 6.25. The summed E-state index contributed by atoms with van der Waals surface area (Å²) in [5, 5.41) is 15.5. The third-order valence-electron chi connectivity index (χ3n) is 4.77. The van der Waals surface area contributed by atoms with Crippen LogP contribution in [0, 0.1) is 11.6 Å². The van der Waals surface area contributed by atoms with Crippen LogP contribution in [0.2, 0.25) is 0 Å². The van der Waals surface area contributed by atoms with Crippen LogP contribution in [0.1, 0.15) is 43.5 Å². The summed E-state index contributed by atoms with van der Waals surface area (Å²) >= 11 is 0. The molecule has 2 heterocycles. The molecule has 0 atom stereocenters. The molecule has 1 aliphatic carbocycles. The van der Waals surface area contributed by atoms with E-state index >= 15 is 0 Å². The molecule has 0 amide bonds. The lowest BCUT2D eigenvalue weighted by Gasteiger charge is -2.12. The molecular weight excluding hydrogens is 394 g/mol. The van der Waals surface area contributed by atoms with E-state index in [2.05, 4.69) is 20.6 Å². The number of carbonyl (C=O) groups excluding carboxylic acids is 2. The predicted molar refractivity (Wildman–Crippen MR) is 97.9 cm³/mol. The second kappa shape index (κ2) is 6.76. The van der Waals surface area contributed by atoms with Crippen LogP contribution in [0.15, 0.2) is 48.5 Å². The van der Waals surface area contributed by atoms with Gasteiger partial charge in [0.05, 0.1) is 13.1 Å². The summed E-state index contributed by atoms with van der Waals surface area (Å²) in [4.78, 5) is 26.0. The second-order valence-electron chi connectivity index (χ2n) is 6.81. The van der Waals surface area contributed by atoms with Crippen molar-refractivity contribution in [2.24, 2.45) is 0 Å². The zero-order valence-electron chi connectivity index (χ0n) is 15.3. The van der Waals surface area contributed by atoms with Gasteiger partial charge in [0.25, 0.3) is 0 Å². The Kier molecular flexibility index (Phi) is 4.05. The van der Waals surface area contributed by atoms with E-state index in [1.807, 2.05) is 0 Å². The minimum absolute atomic E-state index is 0.0189. The van der Waals surface area contributed by atoms with Gasteiger partial charge in [0.1, 0.15) is 23.0 Å². The van der Waals surface area contributed by atoms with Crippen LogP contribution in [-0.2, 0) is 13.1 Å². The first-order valence-corrected chi connectivity index (χ1v) is 8.96. The Balaban J connectivity index is 1.51. The van der Waals surface area contributed by atoms with Gasteiger partial charge in [-0.25, -0.2) is 18.1 Å². The lowest BCUT2D eigenvalue weighted by atomic mass is 9.98. The maximum atomic E-state index is 13.5. The number of hydrogen-bond donors (Lipinski definition) is 0. The first-order valence-electron chi connectivity index (χ1n) is 8.96. The average molecular weight is 406 g/mol. The number of carbonyl (C=O) groups is 2. The van der Waals surface area contributed by atoms with Crippen molar-refractivity contribution >= 4 is 11.6 Å². The van der Waals surface area contributed by atoms with Gasteiger partial charge in [-0.1, -0.05) is 34.7 Å². The van der Waals surface area contributed by atoms with E-state index in [1.165, 1.54) is 45.8 Å². The summed E-state index contributed by atoms with van der Waals surface area (Å²) < 4.78 is 29.4. The maximum absolute atomic E-state index is 13.5. The molecular formula is C20H12F2N6O2. The molecule has 10 heteroatoms. The van der Waals surface area contributed by atoms with Crippen LogP contribution in [-0.4, -0.2) is 41.6 Å². The first kappa shape index (κ1) is 18.0. The molecule has 0 spiro atoms. The third-order valence-corrected chi connectivity index (χ3v) is 4.77. The number of aromatic nitrogens is 6. The Labute approximate surface area is 167 Å². The van der Waals surface area contributed by atoms with E-state index in [9.17, 15) is 18.4 Å². The van der Waals surface area contributed by atoms with Gasteiger partial charge in [0, 0.05) is 0 Å². The smallest absolute Gasteiger partial charge is 0.236 e. The molecule has 5 rings (SSSR count). The van der Waals surface area contributed by atoms with Crippen LogP contribution < -0.4 is 0 Å². The molecule has 2 aromatic heterocycles. The molecule has 4 aromatic rings. The molecule has 1 aliphatic rings. The highest BCUT2D eigenvalue weighted by Gasteiger charge is 2.39. The monoisotopic (exact) mass is 406 g/mol. The van der Waals surface area contributed by atoms with Gasteiger partial charge in [-0.15, -0.1) is 10.2 Å². The summed E-state index contributed by atoms with van der Waals surface area (Å²) in [7, 11) is 0. The summed E-state index contributed by atoms with van der Waals surface area (Å²) in [6.07, 6.45) is 0. The van der Waals surface area contributed by atoms with Crippen LogP contribution in [0.5, 0.6) is 0 Å². The van der Waals surface area contributed by atoms with Crippen molar-refractivity contribution in [3.8, 4) is 0 Å². The van der Waals surface area contributed by atoms with E-state index in [0.717, 1.165) is 0 Å². The number of rotatable bonds is 4. The third kappa shape index (κ3) is 2.89. The van der Waals surface area contributed by atoms with Crippen LogP contribution in [0.4, 0.5) is 8.78 Å². The van der Waals surface area contributed by atoms with Crippen molar-refractivity contribution in [2.45, 2.75) is 13.1 Å². The number of benzene rings is 2. The van der Waals surface area contributed by atoms with Gasteiger partial charge < -0.3 is 0 Å². The summed E-state index contributed by atoms with van der Waals surface area (Å²) in [6.45, 7) is 0.123. The molecule has 0 N–H and O–H groups in total. The topological polar surface area (TPSA) is 95.6 Å². The Morgan fingerprint density at radius 2 is 1.13 bits per heavy atom. The molecule has 148 valence electrons. The summed E-state index contributed by atoms with van der Waals surface area (Å²) in [5.41, 5.74) is 0.842. The minimum Gasteiger partial charge on any atom is -0.285 e. The van der Waals surface area contributed by atoms with Crippen molar-refractivity contribution in [3.63, 3.8) is 0 Å². The number of nitrogens with zero attached hydrogens (tertiary/aromatic N) is 6. The molecule has 0 bridgehead atoms. The normalized spacial score (nSPS) is 12.7. The zero-order chi connectivity index (χ0) is 20.8. The quantitative estimate of drug-likeness (QED) is 0.453. The maximum Gasteiger partial charge on any atom is 0.236 e. The molecule has 0 saturated carbocycles. The van der Waals surface area contributed by atoms with Crippen molar-refractivity contribution in [1.82, 2.24) is 30.0 Å². The fraction of sp³-hybridized carbons (Fsp3) is 0.100. The number of ketones is 2. The van der Waals surface area contributed by atoms with E-state index in [1.54, 1.807) is 12.1 Å². The highest BCUT2D eigenvalue weighted by atomic mass is 19.1. The standard InChI is InChI=1S/C20H12F2N6O2/c21-13-5-1-3-11(7-13)9-27-17-15(23-25-27)20(30)18-16(19(17)29)24-26-28(18)10-12-4-2-6-14(22)8-12/h1-8H,9-10H2. The molecule has 0 aliphatic heterocycles. The summed E-state index contributed by atoms with van der Waals surface area (Å²) in [5.74, 6) is -1.95. The SMILES string of the molecule is O=C1c2nnn(Cc3cccc(F)c3)c2C(=O)c2nnn(Cc3cccc(F)c3)c21. The van der Waals surface area contributed by atoms with Crippen LogP contribution in [0.3, 0.4) is 0 Å². The Morgan fingerprint density at radius 1 is 0.700 bits per heavy atom. The zero-order valence-corrected chi connectivity index (χ0v) is 15.3. The lowest BCUT2D eigenvalue weighted by molar-refractivity contribution is 0.0963. The Morgan fingerprint density at radius 3 is 1.53 bits per heavy atom. The second-order valence-corrected chi connectivity index (χ2v) is 6.81. The molecule has 8 nitrogen and oxygen atoms in total. The predicted octanol–water partition coefficient (Wildman–Crippen LogP) is 2.02. The average Bonchev–Trinajstić information content (AvgIpc) is 3.32. The molecule has 0 saturated heterocycles. The van der Waals surface area contributed by atoms with Gasteiger partial charge in [0.15, 0.2) is 11.4 Å². The van der Waals surface area contributed by atoms with Crippen molar-refractivity contribution < 1.29 is 18.4 Å². The van der Waals surface area contributed by atoms with Gasteiger partial charge in [-0.3, -0.25) is 9.59 Å². The Bertz CT molecular complexity index is 1220. The summed E-state index contributed by atoms with van der Waals surface area (Å²) in [6, 6.07) is 11.7. The van der Waals surface area contributed by atoms with Gasteiger partial charge in [-0.2, -0.15) is 0 Å². The van der Waals surface area contributed by atoms with E-state index < -0.39 is 23.2 Å². The number of fused-ring (bicyclic) bond motifs is 2. The lowest BCUT2D eigenvalue weighted by Crippen LogP contribution is -2.26. The number of hydrogen-bond acceptors (Lipinski definition) is 6. The van der Waals surface area contributed by atoms with Crippen LogP contribution in [0.25, 0.3) is 0 Å². The van der Waals surface area contributed by atoms with E-state index in [0.29, 0.717) is 11.1 Å². The fourth-order valence-electron chi connectivity index (χ4n) is 3.44. The molecule has 0 unspecified atom stereocenters. The molecule has 2 aromatic carbocycles. The van der Waals surface area contributed by atoms with E-state index in [-0.39, 0.29) is 35.9 Å². The molecule has 0 radical (unpaired) electrons. The fourth-order valence-corrected chi connectivity index (χ4v) is 3.44. The van der Waals surface area contributed by atoms with Crippen molar-refractivity contribution in [1.29, 1.82) is 0 Å². The van der Waals surface area contributed by atoms with Gasteiger partial charge >= 0.3 is 0 Å². The van der Waals surface area contributed by atoms with Gasteiger partial charge in [-0.05, 0) is 35.4 Å². The van der Waals surface area contributed by atoms with E-state index in [4.69, 9.17) is 0 Å². The van der Waals surface area contributed by atoms with Crippen molar-refractivity contribution in [2.75, 3.05) is 0 Å². The molecule has 30 heavy (non-hydrogen) atoms. The highest BCUT2D eigenvalue weighted by Crippen LogP contribution is 2.25. The minimum atomic E-state index is -0.550. The first-order chi connectivity index (χ1) is 14.5. The Hall–Kier alpha value is -4.08. The van der Waals surface area contributed by atoms with Crippen LogP contribution >= 0.6 is 0 Å². The van der Waals surface area contributed by atoms with Crippen molar-refractivity contribution in [3.05, 3.63) is 94.1 Å². The largest absolute Gasteiger partial charge is 0.285 e. The molecule has 0 fully saturated rings.